The summed E-state index contributed by atoms with van der Waals surface area (Å²) < 4.78 is 3.10. The van der Waals surface area contributed by atoms with E-state index in [4.69, 9.17) is 0 Å². The predicted molar refractivity (Wildman–Crippen MR) is 77.0 cm³/mol. The van der Waals surface area contributed by atoms with Crippen LogP contribution in [-0.2, 0) is 0 Å². The first kappa shape index (κ1) is 12.7. The molecular weight excluding hydrogens is 311 g/mol. The molecule has 0 aliphatic carbocycles. The van der Waals surface area contributed by atoms with Gasteiger partial charge in [0.25, 0.3) is 0 Å². The summed E-state index contributed by atoms with van der Waals surface area (Å²) in [5.74, 6) is 0. The van der Waals surface area contributed by atoms with Gasteiger partial charge in [-0.1, -0.05) is 0 Å². The Morgan fingerprint density at radius 1 is 0.824 bits per heavy atom. The van der Waals surface area contributed by atoms with Gasteiger partial charge in [0.1, 0.15) is 0 Å². The van der Waals surface area contributed by atoms with E-state index in [1.54, 1.807) is 3.58 Å². The zero-order valence-electron chi connectivity index (χ0n) is 10.3. The fourth-order valence-corrected chi connectivity index (χ4v) is 5.31. The predicted octanol–water partition coefficient (Wildman–Crippen LogP) is 3.90. The maximum absolute atomic E-state index is 2.34. The Balaban J connectivity index is 2.03. The summed E-state index contributed by atoms with van der Waals surface area (Å²) in [6.45, 7) is 2.28. The van der Waals surface area contributed by atoms with E-state index >= 15 is 0 Å². The van der Waals surface area contributed by atoms with Gasteiger partial charge in [-0.05, 0) is 0 Å². The quantitative estimate of drug-likeness (QED) is 0.577. The van der Waals surface area contributed by atoms with Gasteiger partial charge in [-0.25, -0.2) is 0 Å². The van der Waals surface area contributed by atoms with Gasteiger partial charge in [0.05, 0.1) is 0 Å². The summed E-state index contributed by atoms with van der Waals surface area (Å²) in [5, 5.41) is 0. The van der Waals surface area contributed by atoms with Crippen molar-refractivity contribution in [3.8, 4) is 11.1 Å². The molecule has 2 rings (SSSR count). The number of hydrogen-bond acceptors (Lipinski definition) is 0. The van der Waals surface area contributed by atoms with Crippen molar-refractivity contribution in [3.05, 3.63) is 54.6 Å². The van der Waals surface area contributed by atoms with Crippen LogP contribution in [0, 0.1) is 0 Å². The van der Waals surface area contributed by atoms with Crippen molar-refractivity contribution in [2.75, 3.05) is 0 Å². The number of benzene rings is 2. The monoisotopic (exact) mass is 330 g/mol. The van der Waals surface area contributed by atoms with Crippen molar-refractivity contribution < 1.29 is 0 Å². The normalized spacial score (nSPS) is 10.4. The Morgan fingerprint density at radius 2 is 1.47 bits per heavy atom. The summed E-state index contributed by atoms with van der Waals surface area (Å²) in [6.07, 6.45) is 2.75. The maximum atomic E-state index is 2.34. The number of hydrogen-bond donors (Lipinski definition) is 0. The standard InChI is InChI=1S/C12H9.C4H9.Sn/c1-3-7-11(8-4-1)12-9-5-2-6-10-12;1-3-4-2;/h1,3-10H;1,3-4H2,2H3;. The average molecular weight is 329 g/mol. The van der Waals surface area contributed by atoms with Crippen molar-refractivity contribution in [3.63, 3.8) is 0 Å². The average Bonchev–Trinajstić information content (AvgIpc) is 2.41. The van der Waals surface area contributed by atoms with Gasteiger partial charge in [-0.2, -0.15) is 0 Å². The Hall–Kier alpha value is -0.761. The zero-order chi connectivity index (χ0) is 11.9. The molecule has 0 aromatic heterocycles. The van der Waals surface area contributed by atoms with Gasteiger partial charge in [-0.3, -0.25) is 0 Å². The molecule has 0 saturated heterocycles. The summed E-state index contributed by atoms with van der Waals surface area (Å²) in [6, 6.07) is 19.8. The van der Waals surface area contributed by atoms with Crippen molar-refractivity contribution in [1.29, 1.82) is 0 Å². The van der Waals surface area contributed by atoms with Crippen molar-refractivity contribution in [2.45, 2.75) is 24.2 Å². The Morgan fingerprint density at radius 3 is 2.12 bits per heavy atom. The van der Waals surface area contributed by atoms with Crippen LogP contribution in [0.3, 0.4) is 0 Å². The first-order valence-corrected chi connectivity index (χ1v) is 9.74. The molecule has 2 aromatic carbocycles. The Labute approximate surface area is 114 Å². The topological polar surface area (TPSA) is 0 Å². The van der Waals surface area contributed by atoms with Crippen LogP contribution < -0.4 is 3.58 Å². The fraction of sp³-hybridized carbons (Fsp3) is 0.250. The summed E-state index contributed by atoms with van der Waals surface area (Å²) in [7, 11) is 0. The van der Waals surface area contributed by atoms with Gasteiger partial charge in [0.15, 0.2) is 0 Å². The number of rotatable bonds is 5. The van der Waals surface area contributed by atoms with E-state index < -0.39 is 0 Å². The van der Waals surface area contributed by atoms with E-state index in [-0.39, 0.29) is 21.1 Å². The molecule has 2 radical (unpaired) electrons. The second kappa shape index (κ2) is 6.85. The van der Waals surface area contributed by atoms with Crippen LogP contribution in [0.1, 0.15) is 19.8 Å². The third kappa shape index (κ3) is 3.88. The molecule has 17 heavy (non-hydrogen) atoms. The van der Waals surface area contributed by atoms with E-state index in [9.17, 15) is 0 Å². The minimum absolute atomic E-state index is 0.294. The van der Waals surface area contributed by atoms with Gasteiger partial charge < -0.3 is 0 Å². The second-order valence-electron chi connectivity index (χ2n) is 4.22. The molecule has 0 aliphatic heterocycles. The zero-order valence-corrected chi connectivity index (χ0v) is 13.2. The second-order valence-corrected chi connectivity index (χ2v) is 8.31. The third-order valence-electron chi connectivity index (χ3n) is 2.85. The van der Waals surface area contributed by atoms with Crippen LogP contribution in [0.4, 0.5) is 0 Å². The Bertz CT molecular complexity index is 431. The molecule has 0 saturated carbocycles. The summed E-state index contributed by atoms with van der Waals surface area (Å²) >= 11 is -0.294. The van der Waals surface area contributed by atoms with Crippen LogP contribution in [-0.4, -0.2) is 21.1 Å². The molecule has 0 N–H and O–H groups in total. The Kier molecular flexibility index (Phi) is 5.11. The van der Waals surface area contributed by atoms with E-state index in [0.29, 0.717) is 0 Å². The first-order valence-electron chi connectivity index (χ1n) is 6.29. The fourth-order valence-electron chi connectivity index (χ4n) is 1.82. The van der Waals surface area contributed by atoms with E-state index in [1.165, 1.54) is 28.4 Å². The van der Waals surface area contributed by atoms with Crippen LogP contribution in [0.25, 0.3) is 11.1 Å². The molecule has 0 unspecified atom stereocenters. The van der Waals surface area contributed by atoms with Crippen LogP contribution in [0.15, 0.2) is 54.6 Å². The van der Waals surface area contributed by atoms with Crippen molar-refractivity contribution in [1.82, 2.24) is 0 Å². The molecule has 86 valence electrons. The molecule has 0 heterocycles. The molecule has 1 heteroatoms. The molecule has 0 aliphatic rings. The van der Waals surface area contributed by atoms with Gasteiger partial charge in [0.2, 0.25) is 0 Å². The van der Waals surface area contributed by atoms with Crippen LogP contribution >= 0.6 is 0 Å². The SMILES string of the molecule is CCC[CH2][Sn][c]1ccc(-c2ccccc2)cc1. The first-order chi connectivity index (χ1) is 8.40. The summed E-state index contributed by atoms with van der Waals surface area (Å²) in [5.41, 5.74) is 2.65. The van der Waals surface area contributed by atoms with E-state index in [0.717, 1.165) is 0 Å². The molecule has 0 bridgehead atoms. The van der Waals surface area contributed by atoms with E-state index in [1.807, 2.05) is 0 Å². The van der Waals surface area contributed by atoms with E-state index in [2.05, 4.69) is 61.5 Å². The van der Waals surface area contributed by atoms with Crippen LogP contribution in [0.5, 0.6) is 0 Å². The molecule has 0 amide bonds. The molecule has 0 atom stereocenters. The minimum atomic E-state index is -0.294. The molecule has 0 spiro atoms. The third-order valence-corrected chi connectivity index (χ3v) is 6.69. The van der Waals surface area contributed by atoms with Crippen LogP contribution in [0.2, 0.25) is 4.44 Å². The molecule has 2 aromatic rings. The summed E-state index contributed by atoms with van der Waals surface area (Å²) in [4.78, 5) is 0. The van der Waals surface area contributed by atoms with Gasteiger partial charge in [0, 0.05) is 0 Å². The molecule has 0 fully saturated rings. The molecule has 0 nitrogen and oxygen atoms in total. The van der Waals surface area contributed by atoms with Gasteiger partial charge >= 0.3 is 115 Å². The van der Waals surface area contributed by atoms with Gasteiger partial charge in [-0.15, -0.1) is 0 Å². The van der Waals surface area contributed by atoms with Crippen molar-refractivity contribution >= 4 is 24.7 Å². The van der Waals surface area contributed by atoms with Crippen molar-refractivity contribution in [2.24, 2.45) is 0 Å². The molecular formula is C16H18Sn. The number of unbranched alkanes of at least 4 members (excludes halogenated alkanes) is 1.